The van der Waals surface area contributed by atoms with Crippen molar-refractivity contribution in [3.63, 3.8) is 0 Å². The molecule has 1 aromatic heterocycles. The molecule has 172 valence electrons. The van der Waals surface area contributed by atoms with E-state index in [4.69, 9.17) is 9.15 Å². The van der Waals surface area contributed by atoms with E-state index in [9.17, 15) is 4.79 Å². The minimum atomic E-state index is -0.640. The number of amides is 1. The molecule has 3 aromatic carbocycles. The second-order valence-corrected chi connectivity index (χ2v) is 9.25. The van der Waals surface area contributed by atoms with Crippen molar-refractivity contribution in [1.82, 2.24) is 4.90 Å². The van der Waals surface area contributed by atoms with Crippen molar-refractivity contribution in [3.8, 4) is 22.5 Å². The highest BCUT2D eigenvalue weighted by Crippen LogP contribution is 2.31. The third-order valence-corrected chi connectivity index (χ3v) is 6.42. The SMILES string of the molecule is CC1(C)OCC(Cc2ccccc2)N1C(=O)Cc1ccc(-c2ccc(-c3ccccc3)cc2)o1. The van der Waals surface area contributed by atoms with E-state index in [2.05, 4.69) is 48.5 Å². The summed E-state index contributed by atoms with van der Waals surface area (Å²) in [6.07, 6.45) is 0.980. The van der Waals surface area contributed by atoms with Crippen LogP contribution in [0.2, 0.25) is 0 Å². The van der Waals surface area contributed by atoms with Gasteiger partial charge in [0.15, 0.2) is 0 Å². The number of carbonyl (C=O) groups excluding carboxylic acids is 1. The van der Waals surface area contributed by atoms with Gasteiger partial charge in [-0.3, -0.25) is 4.79 Å². The molecule has 5 rings (SSSR count). The van der Waals surface area contributed by atoms with Gasteiger partial charge in [-0.15, -0.1) is 0 Å². The Morgan fingerprint density at radius 1 is 0.824 bits per heavy atom. The molecular weight excluding hydrogens is 422 g/mol. The predicted octanol–water partition coefficient (Wildman–Crippen LogP) is 6.36. The van der Waals surface area contributed by atoms with Crippen LogP contribution in [0.4, 0.5) is 0 Å². The largest absolute Gasteiger partial charge is 0.461 e. The molecule has 1 aliphatic heterocycles. The fourth-order valence-corrected chi connectivity index (χ4v) is 4.74. The Morgan fingerprint density at radius 2 is 1.44 bits per heavy atom. The van der Waals surface area contributed by atoms with Crippen molar-refractivity contribution in [2.45, 2.75) is 38.5 Å². The molecule has 0 aliphatic carbocycles. The van der Waals surface area contributed by atoms with E-state index in [1.54, 1.807) is 0 Å². The van der Waals surface area contributed by atoms with E-state index in [1.165, 1.54) is 11.1 Å². The maximum absolute atomic E-state index is 13.4. The van der Waals surface area contributed by atoms with Gasteiger partial charge in [0, 0.05) is 5.56 Å². The molecule has 0 bridgehead atoms. The van der Waals surface area contributed by atoms with E-state index in [-0.39, 0.29) is 18.4 Å². The van der Waals surface area contributed by atoms with Crippen LogP contribution in [0.25, 0.3) is 22.5 Å². The fraction of sp³-hybridized carbons (Fsp3) is 0.233. The lowest BCUT2D eigenvalue weighted by molar-refractivity contribution is -0.145. The maximum Gasteiger partial charge on any atom is 0.232 e. The number of ether oxygens (including phenoxy) is 1. The topological polar surface area (TPSA) is 42.7 Å². The Morgan fingerprint density at radius 3 is 2.15 bits per heavy atom. The van der Waals surface area contributed by atoms with E-state index in [0.717, 1.165) is 23.3 Å². The third-order valence-electron chi connectivity index (χ3n) is 6.42. The van der Waals surface area contributed by atoms with E-state index < -0.39 is 5.72 Å². The lowest BCUT2D eigenvalue weighted by Gasteiger charge is -2.33. The van der Waals surface area contributed by atoms with Crippen molar-refractivity contribution in [3.05, 3.63) is 108 Å². The summed E-state index contributed by atoms with van der Waals surface area (Å²) < 4.78 is 12.1. The van der Waals surface area contributed by atoms with Gasteiger partial charge < -0.3 is 14.1 Å². The average molecular weight is 452 g/mol. The first-order chi connectivity index (χ1) is 16.5. The van der Waals surface area contributed by atoms with E-state index in [1.807, 2.05) is 67.3 Å². The van der Waals surface area contributed by atoms with Crippen LogP contribution in [0, 0.1) is 0 Å². The molecule has 1 aliphatic rings. The highest BCUT2D eigenvalue weighted by Gasteiger charge is 2.43. The summed E-state index contributed by atoms with van der Waals surface area (Å²) in [5.41, 5.74) is 3.89. The zero-order valence-electron chi connectivity index (χ0n) is 19.6. The van der Waals surface area contributed by atoms with Gasteiger partial charge in [-0.25, -0.2) is 0 Å². The summed E-state index contributed by atoms with van der Waals surface area (Å²) in [4.78, 5) is 15.2. The summed E-state index contributed by atoms with van der Waals surface area (Å²) >= 11 is 0. The number of benzene rings is 3. The number of nitrogens with zero attached hydrogens (tertiary/aromatic N) is 1. The molecule has 4 aromatic rings. The standard InChI is InChI=1S/C30H29NO3/c1-30(2)31(26(21-33-30)19-22-9-5-3-6-10-22)29(32)20-27-17-18-28(34-27)25-15-13-24(14-16-25)23-11-7-4-8-12-23/h3-18,26H,19-21H2,1-2H3. The normalized spacial score (nSPS) is 17.1. The van der Waals surface area contributed by atoms with Gasteiger partial charge in [0.1, 0.15) is 17.2 Å². The number of carbonyl (C=O) groups is 1. The molecule has 34 heavy (non-hydrogen) atoms. The molecule has 0 radical (unpaired) electrons. The molecule has 1 fully saturated rings. The van der Waals surface area contributed by atoms with Gasteiger partial charge in [-0.2, -0.15) is 0 Å². The summed E-state index contributed by atoms with van der Waals surface area (Å²) in [5.74, 6) is 1.44. The lowest BCUT2D eigenvalue weighted by atomic mass is 10.0. The van der Waals surface area contributed by atoms with Gasteiger partial charge in [0.2, 0.25) is 5.91 Å². The number of hydrogen-bond acceptors (Lipinski definition) is 3. The van der Waals surface area contributed by atoms with Crippen LogP contribution < -0.4 is 0 Å². The highest BCUT2D eigenvalue weighted by molar-refractivity contribution is 5.80. The number of furan rings is 1. The Balaban J connectivity index is 1.29. The Hall–Kier alpha value is -3.63. The average Bonchev–Trinajstić information content (AvgIpc) is 3.44. The van der Waals surface area contributed by atoms with Gasteiger partial charge in [0.05, 0.1) is 19.1 Å². The first kappa shape index (κ1) is 22.2. The minimum absolute atomic E-state index is 0.00450. The van der Waals surface area contributed by atoms with Crippen LogP contribution in [-0.4, -0.2) is 29.2 Å². The summed E-state index contributed by atoms with van der Waals surface area (Å²) in [6, 6.07) is 32.7. The van der Waals surface area contributed by atoms with Gasteiger partial charge in [0.25, 0.3) is 0 Å². The Bertz CT molecular complexity index is 1240. The first-order valence-electron chi connectivity index (χ1n) is 11.7. The van der Waals surface area contributed by atoms with Gasteiger partial charge >= 0.3 is 0 Å². The highest BCUT2D eigenvalue weighted by atomic mass is 16.5. The van der Waals surface area contributed by atoms with Crippen LogP contribution in [0.1, 0.15) is 25.2 Å². The van der Waals surface area contributed by atoms with Gasteiger partial charge in [-0.1, -0.05) is 84.9 Å². The van der Waals surface area contributed by atoms with Gasteiger partial charge in [-0.05, 0) is 49.1 Å². The van der Waals surface area contributed by atoms with Crippen LogP contribution in [0.5, 0.6) is 0 Å². The molecule has 4 nitrogen and oxygen atoms in total. The first-order valence-corrected chi connectivity index (χ1v) is 11.7. The van der Waals surface area contributed by atoms with Crippen LogP contribution in [0.15, 0.2) is 101 Å². The molecule has 1 atom stereocenters. The fourth-order valence-electron chi connectivity index (χ4n) is 4.74. The van der Waals surface area contributed by atoms with E-state index in [0.29, 0.717) is 12.4 Å². The maximum atomic E-state index is 13.4. The minimum Gasteiger partial charge on any atom is -0.461 e. The Labute approximate surface area is 200 Å². The summed E-state index contributed by atoms with van der Waals surface area (Å²) in [5, 5.41) is 0. The molecule has 4 heteroatoms. The molecular formula is C30H29NO3. The second-order valence-electron chi connectivity index (χ2n) is 9.25. The second kappa shape index (κ2) is 9.32. The number of rotatable bonds is 6. The van der Waals surface area contributed by atoms with Crippen LogP contribution in [0.3, 0.4) is 0 Å². The third kappa shape index (κ3) is 4.68. The van der Waals surface area contributed by atoms with Crippen molar-refractivity contribution in [2.24, 2.45) is 0 Å². The van der Waals surface area contributed by atoms with Crippen LogP contribution in [-0.2, 0) is 22.4 Å². The quantitative estimate of drug-likeness (QED) is 0.342. The molecule has 1 saturated heterocycles. The van der Waals surface area contributed by atoms with Crippen molar-refractivity contribution in [2.75, 3.05) is 6.61 Å². The monoisotopic (exact) mass is 451 g/mol. The summed E-state index contributed by atoms with van der Waals surface area (Å²) in [7, 11) is 0. The zero-order chi connectivity index (χ0) is 23.5. The molecule has 0 N–H and O–H groups in total. The van der Waals surface area contributed by atoms with E-state index >= 15 is 0 Å². The zero-order valence-corrected chi connectivity index (χ0v) is 19.6. The van der Waals surface area contributed by atoms with Crippen LogP contribution >= 0.6 is 0 Å². The predicted molar refractivity (Wildman–Crippen MR) is 134 cm³/mol. The van der Waals surface area contributed by atoms with Crippen molar-refractivity contribution in [1.29, 1.82) is 0 Å². The smallest absolute Gasteiger partial charge is 0.232 e. The number of hydrogen-bond donors (Lipinski definition) is 0. The lowest BCUT2D eigenvalue weighted by Crippen LogP contribution is -2.49. The Kier molecular flexibility index (Phi) is 6.08. The molecule has 2 heterocycles. The van der Waals surface area contributed by atoms with Crippen molar-refractivity contribution >= 4 is 5.91 Å². The molecule has 0 spiro atoms. The molecule has 1 amide bonds. The molecule has 0 saturated carbocycles. The summed E-state index contributed by atoms with van der Waals surface area (Å²) in [6.45, 7) is 4.44. The van der Waals surface area contributed by atoms with Crippen molar-refractivity contribution < 1.29 is 13.9 Å². The molecule has 1 unspecified atom stereocenters.